The van der Waals surface area contributed by atoms with Gasteiger partial charge < -0.3 is 23.7 Å². The zero-order chi connectivity index (χ0) is 23.3. The number of carbonyl (C=O) groups excluding carboxylic acids is 2. The molecule has 2 aromatic rings. The Labute approximate surface area is 188 Å². The normalized spacial score (nSPS) is 14.2. The van der Waals surface area contributed by atoms with Gasteiger partial charge in [-0.3, -0.25) is 4.79 Å². The monoisotopic (exact) mass is 442 g/mol. The van der Waals surface area contributed by atoms with Crippen LogP contribution in [-0.2, 0) is 4.74 Å². The molecule has 172 valence electrons. The molecule has 0 atom stereocenters. The molecule has 0 saturated heterocycles. The predicted octanol–water partition coefficient (Wildman–Crippen LogP) is 4.77. The zero-order valence-electron chi connectivity index (χ0n) is 19.3. The van der Waals surface area contributed by atoms with Gasteiger partial charge in [-0.25, -0.2) is 4.79 Å². The molecule has 0 saturated carbocycles. The largest absolute Gasteiger partial charge is 0.493 e. The number of hydrogen-bond acceptors (Lipinski definition) is 7. The van der Waals surface area contributed by atoms with E-state index in [1.807, 2.05) is 26.8 Å². The summed E-state index contributed by atoms with van der Waals surface area (Å²) in [6.07, 6.45) is 1.88. The smallest absolute Gasteiger partial charge is 0.337 e. The van der Waals surface area contributed by atoms with Crippen LogP contribution in [0.5, 0.6) is 23.0 Å². The van der Waals surface area contributed by atoms with Crippen LogP contribution < -0.4 is 18.9 Å². The second-order valence-corrected chi connectivity index (χ2v) is 8.29. The lowest BCUT2D eigenvalue weighted by Crippen LogP contribution is -2.36. The van der Waals surface area contributed by atoms with Crippen LogP contribution in [0, 0.1) is 6.92 Å². The molecule has 0 N–H and O–H groups in total. The molecular weight excluding hydrogens is 412 g/mol. The Kier molecular flexibility index (Phi) is 7.28. The molecular formula is C25H30O7. The average molecular weight is 443 g/mol. The number of Topliss-reactive ketones (excluding diaryl/α,β-unsaturated/α-hetero) is 1. The first-order valence-electron chi connectivity index (χ1n) is 10.6. The standard InChI is InChI=1S/C25H30O7/c1-16-20(11-9-18-19(26)15-25(2,3)32-23(16)18)30-12-6-7-13-31-22-14-17(24(27)29-5)8-10-21(22)28-4/h8-11,14H,6-7,12-13,15H2,1-5H3. The van der Waals surface area contributed by atoms with Gasteiger partial charge in [-0.05, 0) is 63.9 Å². The van der Waals surface area contributed by atoms with Crippen LogP contribution in [0.3, 0.4) is 0 Å². The fourth-order valence-corrected chi connectivity index (χ4v) is 3.58. The fraction of sp³-hybridized carbons (Fsp3) is 0.440. The van der Waals surface area contributed by atoms with Crippen LogP contribution in [0.1, 0.15) is 59.4 Å². The van der Waals surface area contributed by atoms with E-state index in [1.54, 1.807) is 31.4 Å². The molecule has 0 radical (unpaired) electrons. The summed E-state index contributed by atoms with van der Waals surface area (Å²) in [7, 11) is 2.88. The number of esters is 1. The summed E-state index contributed by atoms with van der Waals surface area (Å²) in [6, 6.07) is 8.52. The minimum absolute atomic E-state index is 0.0924. The number of fused-ring (bicyclic) bond motifs is 1. The molecule has 0 aromatic heterocycles. The Morgan fingerprint density at radius 3 is 2.31 bits per heavy atom. The summed E-state index contributed by atoms with van der Waals surface area (Å²) >= 11 is 0. The summed E-state index contributed by atoms with van der Waals surface area (Å²) in [5.74, 6) is 2.03. The van der Waals surface area contributed by atoms with E-state index in [-0.39, 0.29) is 5.78 Å². The fourth-order valence-electron chi connectivity index (χ4n) is 3.58. The summed E-state index contributed by atoms with van der Waals surface area (Å²) in [6.45, 7) is 6.68. The molecule has 0 bridgehead atoms. The first-order valence-corrected chi connectivity index (χ1v) is 10.6. The molecule has 32 heavy (non-hydrogen) atoms. The van der Waals surface area contributed by atoms with Gasteiger partial charge in [0.1, 0.15) is 17.1 Å². The Bertz CT molecular complexity index is 994. The van der Waals surface area contributed by atoms with Crippen LogP contribution in [-0.4, -0.2) is 44.8 Å². The van der Waals surface area contributed by atoms with E-state index >= 15 is 0 Å². The molecule has 7 heteroatoms. The van der Waals surface area contributed by atoms with Gasteiger partial charge in [-0.15, -0.1) is 0 Å². The average Bonchev–Trinajstić information content (AvgIpc) is 2.76. The van der Waals surface area contributed by atoms with E-state index < -0.39 is 11.6 Å². The number of ketones is 1. The third-order valence-electron chi connectivity index (χ3n) is 5.26. The molecule has 0 aliphatic carbocycles. The van der Waals surface area contributed by atoms with Crippen LogP contribution in [0.2, 0.25) is 0 Å². The van der Waals surface area contributed by atoms with E-state index in [9.17, 15) is 9.59 Å². The van der Waals surface area contributed by atoms with Crippen molar-refractivity contribution in [1.82, 2.24) is 0 Å². The molecule has 1 aliphatic heterocycles. The Balaban J connectivity index is 1.52. The Hall–Kier alpha value is -3.22. The molecule has 7 nitrogen and oxygen atoms in total. The lowest BCUT2D eigenvalue weighted by atomic mass is 9.91. The maximum Gasteiger partial charge on any atom is 0.337 e. The van der Waals surface area contributed by atoms with Gasteiger partial charge in [0, 0.05) is 5.56 Å². The van der Waals surface area contributed by atoms with E-state index in [4.69, 9.17) is 23.7 Å². The van der Waals surface area contributed by atoms with Gasteiger partial charge in [0.2, 0.25) is 0 Å². The summed E-state index contributed by atoms with van der Waals surface area (Å²) in [5.41, 5.74) is 1.34. The quantitative estimate of drug-likeness (QED) is 0.409. The maximum atomic E-state index is 12.4. The van der Waals surface area contributed by atoms with Crippen molar-refractivity contribution in [2.75, 3.05) is 27.4 Å². The Morgan fingerprint density at radius 1 is 1.00 bits per heavy atom. The van der Waals surface area contributed by atoms with Crippen molar-refractivity contribution in [3.05, 3.63) is 47.0 Å². The van der Waals surface area contributed by atoms with Crippen molar-refractivity contribution in [2.24, 2.45) is 0 Å². The van der Waals surface area contributed by atoms with Crippen molar-refractivity contribution in [3.63, 3.8) is 0 Å². The maximum absolute atomic E-state index is 12.4. The third kappa shape index (κ3) is 5.33. The topological polar surface area (TPSA) is 80.3 Å². The highest BCUT2D eigenvalue weighted by Gasteiger charge is 2.34. The second kappa shape index (κ2) is 9.94. The number of rotatable bonds is 9. The van der Waals surface area contributed by atoms with Crippen molar-refractivity contribution in [1.29, 1.82) is 0 Å². The van der Waals surface area contributed by atoms with Crippen molar-refractivity contribution >= 4 is 11.8 Å². The molecule has 2 aromatic carbocycles. The van der Waals surface area contributed by atoms with Gasteiger partial charge in [-0.1, -0.05) is 0 Å². The summed E-state index contributed by atoms with van der Waals surface area (Å²) < 4.78 is 27.8. The van der Waals surface area contributed by atoms with E-state index in [0.717, 1.165) is 18.4 Å². The highest BCUT2D eigenvalue weighted by Crippen LogP contribution is 2.39. The van der Waals surface area contributed by atoms with Crippen LogP contribution in [0.25, 0.3) is 0 Å². The molecule has 0 spiro atoms. The third-order valence-corrected chi connectivity index (χ3v) is 5.26. The van der Waals surface area contributed by atoms with E-state index in [2.05, 4.69) is 0 Å². The van der Waals surface area contributed by atoms with Gasteiger partial charge in [0.05, 0.1) is 45.0 Å². The first-order chi connectivity index (χ1) is 15.3. The predicted molar refractivity (Wildman–Crippen MR) is 119 cm³/mol. The molecule has 0 amide bonds. The summed E-state index contributed by atoms with van der Waals surface area (Å²) in [5, 5.41) is 0. The molecule has 1 heterocycles. The van der Waals surface area contributed by atoms with Crippen molar-refractivity contribution < 1.29 is 33.3 Å². The van der Waals surface area contributed by atoms with E-state index in [0.29, 0.717) is 53.8 Å². The summed E-state index contributed by atoms with van der Waals surface area (Å²) in [4.78, 5) is 24.1. The number of carbonyl (C=O) groups is 2. The van der Waals surface area contributed by atoms with Gasteiger partial charge >= 0.3 is 5.97 Å². The number of benzene rings is 2. The molecule has 1 aliphatic rings. The lowest BCUT2D eigenvalue weighted by molar-refractivity contribution is 0.0594. The van der Waals surface area contributed by atoms with E-state index in [1.165, 1.54) is 7.11 Å². The zero-order valence-corrected chi connectivity index (χ0v) is 19.3. The lowest BCUT2D eigenvalue weighted by Gasteiger charge is -2.33. The second-order valence-electron chi connectivity index (χ2n) is 8.29. The SMILES string of the molecule is COC(=O)c1ccc(OC)c(OCCCCOc2ccc3c(c2C)OC(C)(C)CC3=O)c1. The number of methoxy groups -OCH3 is 2. The molecule has 0 fully saturated rings. The minimum atomic E-state index is -0.517. The van der Waals surface area contributed by atoms with Gasteiger partial charge in [0.25, 0.3) is 0 Å². The van der Waals surface area contributed by atoms with Crippen LogP contribution in [0.4, 0.5) is 0 Å². The van der Waals surface area contributed by atoms with Crippen molar-refractivity contribution in [3.8, 4) is 23.0 Å². The number of unbranched alkanes of at least 4 members (excludes halogenated alkanes) is 1. The number of ether oxygens (including phenoxy) is 5. The van der Waals surface area contributed by atoms with Crippen molar-refractivity contribution in [2.45, 2.75) is 45.6 Å². The first kappa shape index (κ1) is 23.4. The van der Waals surface area contributed by atoms with Gasteiger partial charge in [0.15, 0.2) is 17.3 Å². The molecule has 3 rings (SSSR count). The molecule has 0 unspecified atom stereocenters. The van der Waals surface area contributed by atoms with Crippen LogP contribution >= 0.6 is 0 Å². The number of hydrogen-bond donors (Lipinski definition) is 0. The Morgan fingerprint density at radius 2 is 1.66 bits per heavy atom. The highest BCUT2D eigenvalue weighted by atomic mass is 16.5. The minimum Gasteiger partial charge on any atom is -0.493 e. The van der Waals surface area contributed by atoms with Gasteiger partial charge in [-0.2, -0.15) is 0 Å². The highest BCUT2D eigenvalue weighted by molar-refractivity contribution is 6.01. The van der Waals surface area contributed by atoms with Crippen LogP contribution in [0.15, 0.2) is 30.3 Å².